The van der Waals surface area contributed by atoms with Crippen molar-refractivity contribution in [3.63, 3.8) is 0 Å². The molecule has 0 N–H and O–H groups in total. The second-order valence-electron chi connectivity index (χ2n) is 18.2. The molecule has 0 spiro atoms. The quantitative estimate of drug-likeness (QED) is 0.138. The van der Waals surface area contributed by atoms with E-state index in [4.69, 9.17) is 4.74 Å². The maximum atomic E-state index is 14.3. The molecule has 320 valence electrons. The largest absolute Gasteiger partial charge is 0.372 e. The Bertz CT molecular complexity index is 2990. The van der Waals surface area contributed by atoms with Gasteiger partial charge in [-0.1, -0.05) is 122 Å². The summed E-state index contributed by atoms with van der Waals surface area (Å²) in [5.41, 5.74) is 20.2. The van der Waals surface area contributed by atoms with E-state index in [-0.39, 0.29) is 23.0 Å². The van der Waals surface area contributed by atoms with Gasteiger partial charge in [0.15, 0.2) is 0 Å². The number of benzene rings is 6. The Balaban J connectivity index is 1.22. The number of aromatic nitrogens is 2. The molecule has 0 radical (unpaired) electrons. The number of pyridine rings is 2. The summed E-state index contributed by atoms with van der Waals surface area (Å²) in [5.74, 6) is -0.254. The molecule has 2 atom stereocenters. The maximum absolute atomic E-state index is 14.3. The summed E-state index contributed by atoms with van der Waals surface area (Å²) < 4.78 is 10.6. The standard InChI is InChI=1S/C58H60N2O3/c1-33-23-39(7)51(41(9)55-53(43-19-15-13-16-20-43)47-27-35(3)37(5)29-49(47)57(61)59(55)11)45(25-33)31-63-32-46-26-34(2)24-40(8)52(46)42(10)56-54(44-21-17-14-18-22-44)48-28-36(4)38(6)30-50(48)58(62)60(56)12/h13-30,41-42H,31-32H2,1-12H3. The topological polar surface area (TPSA) is 53.2 Å². The van der Waals surface area contributed by atoms with Crippen molar-refractivity contribution in [3.8, 4) is 22.3 Å². The number of hydrogen-bond donors (Lipinski definition) is 0. The van der Waals surface area contributed by atoms with Gasteiger partial charge in [0, 0.05) is 59.2 Å². The molecule has 2 heterocycles. The van der Waals surface area contributed by atoms with Gasteiger partial charge in [0.25, 0.3) is 11.1 Å². The molecule has 63 heavy (non-hydrogen) atoms. The molecule has 2 unspecified atom stereocenters. The monoisotopic (exact) mass is 832 g/mol. The average Bonchev–Trinajstić information content (AvgIpc) is 3.24. The summed E-state index contributed by atoms with van der Waals surface area (Å²) in [6.45, 7) is 22.3. The fourth-order valence-corrected chi connectivity index (χ4v) is 10.6. The van der Waals surface area contributed by atoms with Gasteiger partial charge in [0.1, 0.15) is 0 Å². The Morgan fingerprint density at radius 1 is 0.444 bits per heavy atom. The lowest BCUT2D eigenvalue weighted by Crippen LogP contribution is -2.25. The van der Waals surface area contributed by atoms with Crippen LogP contribution in [0.15, 0.2) is 119 Å². The zero-order valence-corrected chi connectivity index (χ0v) is 39.1. The number of aryl methyl sites for hydroxylation is 8. The van der Waals surface area contributed by atoms with Crippen molar-refractivity contribution in [2.45, 2.75) is 94.3 Å². The molecular formula is C58H60N2O3. The van der Waals surface area contributed by atoms with Crippen LogP contribution in [0.1, 0.15) is 104 Å². The summed E-state index contributed by atoms with van der Waals surface area (Å²) in [6, 6.07) is 38.5. The van der Waals surface area contributed by atoms with E-state index in [0.717, 1.165) is 88.6 Å². The smallest absolute Gasteiger partial charge is 0.258 e. The van der Waals surface area contributed by atoms with Gasteiger partial charge in [-0.05, 0) is 145 Å². The van der Waals surface area contributed by atoms with Crippen LogP contribution in [0.2, 0.25) is 0 Å². The lowest BCUT2D eigenvalue weighted by atomic mass is 9.83. The van der Waals surface area contributed by atoms with E-state index in [2.05, 4.69) is 166 Å². The van der Waals surface area contributed by atoms with E-state index >= 15 is 0 Å². The SMILES string of the molecule is Cc1cc(C)c(C(C)c2c(-c3ccccc3)c3cc(C)c(C)cc3c(=O)n2C)c(COCc2cc(C)cc(C)c2C(C)c2c(-c3ccccc3)c3cc(C)c(C)cc3c(=O)n2C)c1. The average molecular weight is 833 g/mol. The van der Waals surface area contributed by atoms with E-state index in [1.807, 2.05) is 35.4 Å². The van der Waals surface area contributed by atoms with Gasteiger partial charge in [-0.2, -0.15) is 0 Å². The van der Waals surface area contributed by atoms with Crippen LogP contribution in [0.25, 0.3) is 43.8 Å². The molecule has 2 aromatic heterocycles. The van der Waals surface area contributed by atoms with Crippen LogP contribution in [0.4, 0.5) is 0 Å². The van der Waals surface area contributed by atoms with Gasteiger partial charge in [0.2, 0.25) is 0 Å². The first-order valence-corrected chi connectivity index (χ1v) is 22.2. The highest BCUT2D eigenvalue weighted by Gasteiger charge is 2.28. The Labute approximate surface area is 372 Å². The second kappa shape index (κ2) is 17.1. The first kappa shape index (κ1) is 43.4. The van der Waals surface area contributed by atoms with Crippen molar-refractivity contribution in [2.75, 3.05) is 0 Å². The Kier molecular flexibility index (Phi) is 11.8. The molecule has 0 saturated heterocycles. The van der Waals surface area contributed by atoms with Gasteiger partial charge >= 0.3 is 0 Å². The van der Waals surface area contributed by atoms with Gasteiger partial charge in [-0.25, -0.2) is 0 Å². The predicted molar refractivity (Wildman–Crippen MR) is 264 cm³/mol. The predicted octanol–water partition coefficient (Wildman–Crippen LogP) is 13.2. The van der Waals surface area contributed by atoms with Gasteiger partial charge in [-0.3, -0.25) is 9.59 Å². The molecule has 6 aromatic carbocycles. The summed E-state index contributed by atoms with van der Waals surface area (Å²) >= 11 is 0. The maximum Gasteiger partial charge on any atom is 0.258 e. The van der Waals surface area contributed by atoms with Gasteiger partial charge < -0.3 is 13.9 Å². The van der Waals surface area contributed by atoms with E-state index in [1.165, 1.54) is 33.4 Å². The number of ether oxygens (including phenoxy) is 1. The highest BCUT2D eigenvalue weighted by Crippen LogP contribution is 2.42. The third-order valence-corrected chi connectivity index (χ3v) is 13.7. The first-order valence-electron chi connectivity index (χ1n) is 22.2. The van der Waals surface area contributed by atoms with Crippen molar-refractivity contribution in [2.24, 2.45) is 14.1 Å². The van der Waals surface area contributed by atoms with E-state index in [9.17, 15) is 9.59 Å². The molecule has 0 bridgehead atoms. The minimum Gasteiger partial charge on any atom is -0.372 e. The molecule has 0 fully saturated rings. The van der Waals surface area contributed by atoms with Crippen molar-refractivity contribution in [1.82, 2.24) is 9.13 Å². The van der Waals surface area contributed by atoms with Crippen LogP contribution < -0.4 is 11.1 Å². The Hall–Kier alpha value is -6.30. The summed E-state index contributed by atoms with van der Waals surface area (Å²) in [5, 5.41) is 3.45. The van der Waals surface area contributed by atoms with Crippen molar-refractivity contribution in [1.29, 1.82) is 0 Å². The van der Waals surface area contributed by atoms with E-state index in [1.54, 1.807) is 0 Å². The van der Waals surface area contributed by atoms with Crippen molar-refractivity contribution >= 4 is 21.5 Å². The molecule has 0 amide bonds. The van der Waals surface area contributed by atoms with Crippen LogP contribution in [0.5, 0.6) is 0 Å². The van der Waals surface area contributed by atoms with Crippen molar-refractivity contribution < 1.29 is 4.74 Å². The number of rotatable bonds is 10. The fourth-order valence-electron chi connectivity index (χ4n) is 10.6. The third kappa shape index (κ3) is 7.78. The molecule has 0 aliphatic carbocycles. The summed E-state index contributed by atoms with van der Waals surface area (Å²) in [4.78, 5) is 28.6. The second-order valence-corrected chi connectivity index (χ2v) is 18.2. The zero-order valence-electron chi connectivity index (χ0n) is 39.1. The zero-order chi connectivity index (χ0) is 45.0. The third-order valence-electron chi connectivity index (χ3n) is 13.7. The Morgan fingerprint density at radius 2 is 0.778 bits per heavy atom. The lowest BCUT2D eigenvalue weighted by Gasteiger charge is -2.27. The number of fused-ring (bicyclic) bond motifs is 2. The molecule has 0 aliphatic rings. The number of hydrogen-bond acceptors (Lipinski definition) is 3. The van der Waals surface area contributed by atoms with Crippen LogP contribution in [-0.2, 0) is 32.0 Å². The molecule has 5 nitrogen and oxygen atoms in total. The van der Waals surface area contributed by atoms with Gasteiger partial charge in [0.05, 0.1) is 13.2 Å². The summed E-state index contributed by atoms with van der Waals surface area (Å²) in [7, 11) is 3.85. The van der Waals surface area contributed by atoms with Crippen LogP contribution in [0.3, 0.4) is 0 Å². The molecule has 8 rings (SSSR count). The minimum absolute atomic E-state index is 0.0123. The molecule has 5 heteroatoms. The van der Waals surface area contributed by atoms with Crippen LogP contribution in [0, 0.1) is 55.4 Å². The fraction of sp³-hybridized carbons (Fsp3) is 0.276. The number of nitrogens with zero attached hydrogens (tertiary/aromatic N) is 2. The van der Waals surface area contributed by atoms with Crippen LogP contribution in [-0.4, -0.2) is 9.13 Å². The van der Waals surface area contributed by atoms with Crippen LogP contribution >= 0.6 is 0 Å². The van der Waals surface area contributed by atoms with Gasteiger partial charge in [-0.15, -0.1) is 0 Å². The lowest BCUT2D eigenvalue weighted by molar-refractivity contribution is 0.105. The normalized spacial score (nSPS) is 12.6. The highest BCUT2D eigenvalue weighted by molar-refractivity contribution is 5.99. The minimum atomic E-state index is -0.127. The molecule has 8 aromatic rings. The van der Waals surface area contributed by atoms with Crippen molar-refractivity contribution in [3.05, 3.63) is 208 Å². The summed E-state index contributed by atoms with van der Waals surface area (Å²) in [6.07, 6.45) is 0. The first-order chi connectivity index (χ1) is 30.1. The Morgan fingerprint density at radius 3 is 1.13 bits per heavy atom. The molecule has 0 aliphatic heterocycles. The highest BCUT2D eigenvalue weighted by atomic mass is 16.5. The van der Waals surface area contributed by atoms with E-state index < -0.39 is 0 Å². The molecule has 0 saturated carbocycles. The molecular weight excluding hydrogens is 773 g/mol. The van der Waals surface area contributed by atoms with E-state index in [0.29, 0.717) is 13.2 Å².